The zero-order valence-corrected chi connectivity index (χ0v) is 65.5. The molecule has 1 aliphatic heterocycles. The van der Waals surface area contributed by atoms with E-state index in [4.69, 9.17) is 11.5 Å². The highest BCUT2D eigenvalue weighted by molar-refractivity contribution is 7.80. The van der Waals surface area contributed by atoms with E-state index in [9.17, 15) is 87.9 Å². The lowest BCUT2D eigenvalue weighted by Gasteiger charge is -2.33. The summed E-state index contributed by atoms with van der Waals surface area (Å²) in [5.74, 6) is -17.2. The first-order valence-corrected chi connectivity index (χ1v) is 38.4. The number of aliphatic hydroxyl groups excluding tert-OH is 2. The summed E-state index contributed by atoms with van der Waals surface area (Å²) in [5.41, 5.74) is 14.5. The number of nitrogens with zero attached hydrogens (tertiary/aromatic N) is 1. The number of para-hydroxylation sites is 2. The van der Waals surface area contributed by atoms with Crippen molar-refractivity contribution >= 4 is 123 Å². The van der Waals surface area contributed by atoms with Crippen LogP contribution in [0.4, 0.5) is 0 Å². The van der Waals surface area contributed by atoms with E-state index in [0.717, 1.165) is 24.8 Å². The van der Waals surface area contributed by atoms with Gasteiger partial charge in [-0.05, 0) is 120 Å². The number of aliphatic hydroxyl groups is 2. The molecule has 618 valence electrons. The van der Waals surface area contributed by atoms with Crippen molar-refractivity contribution in [3.05, 3.63) is 72.1 Å². The van der Waals surface area contributed by atoms with Crippen LogP contribution in [0.3, 0.4) is 0 Å². The van der Waals surface area contributed by atoms with Crippen LogP contribution in [0.5, 0.6) is 0 Å². The molecule has 0 radical (unpaired) electrons. The number of carbonyl (C=O) groups excluding carboxylic acids is 12. The number of carbonyl (C=O) groups is 15. The Balaban J connectivity index is 1.37. The van der Waals surface area contributed by atoms with Crippen molar-refractivity contribution in [2.45, 2.75) is 243 Å². The van der Waals surface area contributed by atoms with Gasteiger partial charge in [0.25, 0.3) is 0 Å². The van der Waals surface area contributed by atoms with E-state index in [0.29, 0.717) is 41.4 Å². The van der Waals surface area contributed by atoms with Crippen LogP contribution >= 0.6 is 12.6 Å². The molecule has 1 aliphatic rings. The number of aromatic nitrogens is 2. The molecule has 0 saturated carbocycles. The number of thiol groups is 1. The maximum atomic E-state index is 15.2. The maximum absolute atomic E-state index is 15.2. The highest BCUT2D eigenvalue weighted by Gasteiger charge is 2.43. The van der Waals surface area contributed by atoms with E-state index in [-0.39, 0.29) is 75.5 Å². The first-order chi connectivity index (χ1) is 52.9. The lowest BCUT2D eigenvalue weighted by molar-refractivity contribution is -0.144. The molecule has 3 heterocycles. The minimum atomic E-state index is -1.87. The molecule has 4 aromatic rings. The highest BCUT2D eigenvalue weighted by Crippen LogP contribution is 2.25. The molecule has 0 bridgehead atoms. The van der Waals surface area contributed by atoms with Gasteiger partial charge in [0.2, 0.25) is 70.9 Å². The van der Waals surface area contributed by atoms with Gasteiger partial charge in [0.05, 0.1) is 18.2 Å². The van der Waals surface area contributed by atoms with Crippen molar-refractivity contribution in [1.82, 2.24) is 73.4 Å². The van der Waals surface area contributed by atoms with Crippen LogP contribution in [0.2, 0.25) is 0 Å². The topological polar surface area (TPSA) is 576 Å². The Morgan fingerprint density at radius 1 is 0.500 bits per heavy atom. The van der Waals surface area contributed by atoms with Crippen molar-refractivity contribution in [2.24, 2.45) is 29.2 Å². The minimum Gasteiger partial charge on any atom is -0.481 e. The first-order valence-electron chi connectivity index (χ1n) is 37.7. The molecule has 22 N–H and O–H groups in total. The molecule has 36 nitrogen and oxygen atoms in total. The lowest BCUT2D eigenvalue weighted by Crippen LogP contribution is -2.62. The Labute approximate surface area is 654 Å². The first kappa shape index (κ1) is 92.4. The smallest absolute Gasteiger partial charge is 0.327 e. The van der Waals surface area contributed by atoms with E-state index >= 15 is 9.59 Å². The van der Waals surface area contributed by atoms with Gasteiger partial charge < -0.3 is 110 Å². The molecule has 2 aromatic carbocycles. The van der Waals surface area contributed by atoms with Crippen LogP contribution in [-0.2, 0) is 84.8 Å². The van der Waals surface area contributed by atoms with Gasteiger partial charge in [-0.1, -0.05) is 90.8 Å². The molecule has 16 atom stereocenters. The van der Waals surface area contributed by atoms with E-state index in [1.165, 1.54) is 11.8 Å². The number of hydrogen-bond donors (Lipinski definition) is 21. The number of aromatic amines is 2. The summed E-state index contributed by atoms with van der Waals surface area (Å²) in [7, 11) is 0. The van der Waals surface area contributed by atoms with Crippen molar-refractivity contribution in [3.63, 3.8) is 0 Å². The normalized spacial score (nSPS) is 16.9. The summed E-state index contributed by atoms with van der Waals surface area (Å²) in [6.07, 6.45) is -0.931. The second kappa shape index (κ2) is 44.7. The van der Waals surface area contributed by atoms with Gasteiger partial charge in [0.15, 0.2) is 0 Å². The number of rotatable bonds is 47. The number of unbranched alkanes of at least 4 members (excludes halogenated alkanes) is 1. The summed E-state index contributed by atoms with van der Waals surface area (Å²) < 4.78 is 0. The number of likely N-dealkylation sites (tertiary alicyclic amines) is 1. The third kappa shape index (κ3) is 27.9. The van der Waals surface area contributed by atoms with Crippen molar-refractivity contribution in [2.75, 3.05) is 18.8 Å². The van der Waals surface area contributed by atoms with Gasteiger partial charge in [-0.15, -0.1) is 0 Å². The molecule has 1 saturated heterocycles. The van der Waals surface area contributed by atoms with Crippen LogP contribution in [0.15, 0.2) is 60.9 Å². The molecular formula is C75H112N16O20S. The van der Waals surface area contributed by atoms with Crippen molar-refractivity contribution in [3.8, 4) is 0 Å². The maximum Gasteiger partial charge on any atom is 0.327 e. The van der Waals surface area contributed by atoms with Gasteiger partial charge in [-0.3, -0.25) is 67.1 Å². The molecule has 2 aromatic heterocycles. The molecule has 37 heteroatoms. The van der Waals surface area contributed by atoms with Gasteiger partial charge in [-0.25, -0.2) is 4.79 Å². The zero-order valence-electron chi connectivity index (χ0n) is 64.6. The summed E-state index contributed by atoms with van der Waals surface area (Å²) in [6, 6.07) is -5.20. The van der Waals surface area contributed by atoms with Crippen molar-refractivity contribution < 1.29 is 97.5 Å². The Morgan fingerprint density at radius 3 is 1.37 bits per heavy atom. The molecule has 12 amide bonds. The summed E-state index contributed by atoms with van der Waals surface area (Å²) >= 11 is 3.90. The van der Waals surface area contributed by atoms with E-state index in [1.807, 2.05) is 18.2 Å². The summed E-state index contributed by atoms with van der Waals surface area (Å²) in [4.78, 5) is 214. The number of nitrogens with one attached hydrogen (secondary N) is 13. The van der Waals surface area contributed by atoms with Crippen LogP contribution < -0.4 is 70.0 Å². The molecule has 0 spiro atoms. The second-order valence-corrected chi connectivity index (χ2v) is 29.7. The minimum absolute atomic E-state index is 0.0135. The second-order valence-electron chi connectivity index (χ2n) is 29.3. The fourth-order valence-electron chi connectivity index (χ4n) is 12.8. The number of fused-ring (bicyclic) bond motifs is 2. The van der Waals surface area contributed by atoms with Crippen LogP contribution in [0, 0.1) is 17.8 Å². The van der Waals surface area contributed by atoms with Gasteiger partial charge in [0.1, 0.15) is 72.5 Å². The van der Waals surface area contributed by atoms with Crippen LogP contribution in [0.1, 0.15) is 150 Å². The Kier molecular flexibility index (Phi) is 36.9. The Hall–Kier alpha value is -10.2. The third-order valence-electron chi connectivity index (χ3n) is 19.3. The fraction of sp³-hybridized carbons (Fsp3) is 0.587. The number of amides is 12. The Morgan fingerprint density at radius 2 is 0.911 bits per heavy atom. The van der Waals surface area contributed by atoms with E-state index < -0.39 is 211 Å². The SMILES string of the molecule is CC[C@H](C)[C@H](NC(=O)[C@H](Cc1c[nH]c2ccccc12)NC(=O)[C@H](CCC(=O)O)NC(=O)[C@@H](NC(=O)[C@H](CC(C)C)NC(=O)[C@H](Cc1c[nH]c2ccccc12)NC(=O)[C@@H](N)CCCCN)[C@@H](C)O)C(=O)N1CCC[C@H]1C(=O)N[C@@H](CC(C)C)C(=O)N[C@H](C(=O)N[C@@H](C)C(=O)N[C@@H](CCC(=O)O)C(=O)N[C@@H](CS)C(=O)O)[C@@H](C)O. The van der Waals surface area contributed by atoms with Gasteiger partial charge >= 0.3 is 17.9 Å². The summed E-state index contributed by atoms with van der Waals surface area (Å²) in [6.45, 7) is 14.2. The molecule has 1 fully saturated rings. The van der Waals surface area contributed by atoms with Gasteiger partial charge in [0, 0.05) is 72.2 Å². The lowest BCUT2D eigenvalue weighted by atomic mass is 9.96. The third-order valence-corrected chi connectivity index (χ3v) is 19.7. The fourth-order valence-corrected chi connectivity index (χ4v) is 13.0. The summed E-state index contributed by atoms with van der Waals surface area (Å²) in [5, 5.41) is 79.8. The molecular weight excluding hydrogens is 1480 g/mol. The van der Waals surface area contributed by atoms with Crippen LogP contribution in [0.25, 0.3) is 21.8 Å². The molecule has 112 heavy (non-hydrogen) atoms. The quantitative estimate of drug-likeness (QED) is 0.0184. The Bertz CT molecular complexity index is 3940. The number of nitrogens with two attached hydrogens (primary N) is 2. The largest absolute Gasteiger partial charge is 0.481 e. The van der Waals surface area contributed by atoms with Crippen LogP contribution in [-0.4, -0.2) is 239 Å². The van der Waals surface area contributed by atoms with E-state index in [1.54, 1.807) is 84.3 Å². The number of H-pyrrole nitrogens is 2. The predicted octanol–water partition coefficient (Wildman–Crippen LogP) is -1.12. The van der Waals surface area contributed by atoms with E-state index in [2.05, 4.69) is 81.1 Å². The number of carboxylic acid groups (broad SMARTS) is 3. The molecule has 0 aliphatic carbocycles. The standard InChI is InChI=1S/C75H112N16O20S/c1-10-39(6)60(74(109)91-29-17-23-57(91)71(106)86-53(31-38(4)5)69(104)89-61(41(8)92)72(107)80-40(7)63(98)81-50(24-26-58(94)95)66(101)87-56(36-112)75(110)111)88-70(105)55(33-44-35-79-49-22-14-12-19-46(44)49)85-65(100)51(25-27-59(96)97)82-73(108)62(42(9)93)90-68(103)52(30-37(2)3)84-67(102)54(83-64(99)47(77)20-15-16-28-76)32-43-34-78-48-21-13-11-18-45(43)48/h11-14,18-19,21-22,34-35,37-42,47,50-57,60-62,78-79,92-93,112H,10,15-17,20,23-33,36,76-77H2,1-9H3,(H,80,107)(H,81,98)(H,82,108)(H,83,99)(H,84,102)(H,85,100)(H,86,106)(H,87,101)(H,88,105)(H,89,104)(H,90,103)(H,94,95)(H,96,97)(H,110,111)/t39-,40-,41+,42+,47-,50-,51-,52-,53-,54-,55-,56-,57-,60-,61-,62-/m0/s1. The average molecular weight is 1590 g/mol. The molecule has 5 rings (SSSR count). The number of benzene rings is 2. The van der Waals surface area contributed by atoms with Crippen molar-refractivity contribution in [1.29, 1.82) is 0 Å². The zero-order chi connectivity index (χ0) is 83.4. The average Bonchev–Trinajstić information content (AvgIpc) is 1.85. The molecule has 0 unspecified atom stereocenters. The highest BCUT2D eigenvalue weighted by atomic mass is 32.1. The number of aliphatic carboxylic acids is 3. The predicted molar refractivity (Wildman–Crippen MR) is 413 cm³/mol. The van der Waals surface area contributed by atoms with Gasteiger partial charge in [-0.2, -0.15) is 12.6 Å². The number of carboxylic acids is 3. The number of hydrogen-bond acceptors (Lipinski definition) is 20. The monoisotopic (exact) mass is 1590 g/mol.